The summed E-state index contributed by atoms with van der Waals surface area (Å²) in [6, 6.07) is 15.1. The molecule has 1 N–H and O–H groups in total. The van der Waals surface area contributed by atoms with Gasteiger partial charge in [-0.15, -0.1) is 0 Å². The fourth-order valence-electron chi connectivity index (χ4n) is 2.75. The molecular formula is C23H34NO5P. The number of para-hydroxylation sites is 1. The summed E-state index contributed by atoms with van der Waals surface area (Å²) in [5.41, 5.74) is 1.55. The maximum absolute atomic E-state index is 14.1. The predicted octanol–water partition coefficient (Wildman–Crippen LogP) is 6.35. The summed E-state index contributed by atoms with van der Waals surface area (Å²) in [4.78, 5) is 0. The van der Waals surface area contributed by atoms with E-state index in [1.807, 2.05) is 70.2 Å². The van der Waals surface area contributed by atoms with Crippen molar-refractivity contribution in [2.75, 3.05) is 32.8 Å². The third-order valence-corrected chi connectivity index (χ3v) is 6.37. The minimum atomic E-state index is -3.59. The Bertz CT molecular complexity index is 810. The molecule has 166 valence electrons. The van der Waals surface area contributed by atoms with Gasteiger partial charge in [0.05, 0.1) is 27.4 Å². The van der Waals surface area contributed by atoms with Crippen LogP contribution in [0.25, 0.3) is 0 Å². The van der Waals surface area contributed by atoms with Crippen LogP contribution in [0.1, 0.15) is 39.0 Å². The molecule has 0 amide bonds. The SMILES string of the molecule is COc1ccc([C@H](Nc2ccccc2)P(=O)(OCC(C)C)OCC(C)C)cc1OC. The molecule has 0 aliphatic rings. The van der Waals surface area contributed by atoms with E-state index in [-0.39, 0.29) is 11.8 Å². The number of hydrogen-bond acceptors (Lipinski definition) is 6. The molecule has 0 bridgehead atoms. The molecule has 2 rings (SSSR count). The van der Waals surface area contributed by atoms with Gasteiger partial charge >= 0.3 is 7.60 Å². The van der Waals surface area contributed by atoms with Crippen molar-refractivity contribution in [3.05, 3.63) is 54.1 Å². The third kappa shape index (κ3) is 6.76. The van der Waals surface area contributed by atoms with Crippen LogP contribution in [0, 0.1) is 11.8 Å². The van der Waals surface area contributed by atoms with E-state index in [1.54, 1.807) is 20.3 Å². The van der Waals surface area contributed by atoms with Gasteiger partial charge < -0.3 is 23.8 Å². The molecule has 30 heavy (non-hydrogen) atoms. The van der Waals surface area contributed by atoms with Crippen molar-refractivity contribution in [2.24, 2.45) is 11.8 Å². The van der Waals surface area contributed by atoms with Crippen molar-refractivity contribution in [3.8, 4) is 11.5 Å². The van der Waals surface area contributed by atoms with Crippen LogP contribution in [-0.2, 0) is 13.6 Å². The summed E-state index contributed by atoms with van der Waals surface area (Å²) in [6.45, 7) is 8.72. The van der Waals surface area contributed by atoms with Crippen molar-refractivity contribution in [2.45, 2.75) is 33.5 Å². The molecule has 0 spiro atoms. The first-order chi connectivity index (χ1) is 14.3. The van der Waals surface area contributed by atoms with Gasteiger partial charge in [0.1, 0.15) is 0 Å². The smallest absolute Gasteiger partial charge is 0.357 e. The van der Waals surface area contributed by atoms with Crippen molar-refractivity contribution >= 4 is 13.3 Å². The molecule has 0 saturated carbocycles. The normalized spacial score (nSPS) is 12.8. The Morgan fingerprint density at radius 3 is 1.90 bits per heavy atom. The molecule has 0 aliphatic carbocycles. The monoisotopic (exact) mass is 435 g/mol. The molecular weight excluding hydrogens is 401 g/mol. The maximum atomic E-state index is 14.1. The van der Waals surface area contributed by atoms with Gasteiger partial charge in [0.2, 0.25) is 0 Å². The number of hydrogen-bond donors (Lipinski definition) is 1. The van der Waals surface area contributed by atoms with Gasteiger partial charge in [0, 0.05) is 5.69 Å². The number of benzene rings is 2. The number of ether oxygens (including phenoxy) is 2. The Morgan fingerprint density at radius 1 is 0.833 bits per heavy atom. The fraction of sp³-hybridized carbons (Fsp3) is 0.478. The van der Waals surface area contributed by atoms with Crippen LogP contribution >= 0.6 is 7.60 Å². The highest BCUT2D eigenvalue weighted by atomic mass is 31.2. The van der Waals surface area contributed by atoms with Crippen LogP contribution in [0.4, 0.5) is 5.69 Å². The lowest BCUT2D eigenvalue weighted by Crippen LogP contribution is -2.18. The highest BCUT2D eigenvalue weighted by Crippen LogP contribution is 2.61. The molecule has 0 aliphatic heterocycles. The zero-order valence-corrected chi connectivity index (χ0v) is 19.6. The van der Waals surface area contributed by atoms with Crippen molar-refractivity contribution in [1.29, 1.82) is 0 Å². The summed E-state index contributed by atoms with van der Waals surface area (Å²) >= 11 is 0. The molecule has 0 saturated heterocycles. The summed E-state index contributed by atoms with van der Waals surface area (Å²) in [6.07, 6.45) is 0. The number of methoxy groups -OCH3 is 2. The van der Waals surface area contributed by atoms with Gasteiger partial charge in [-0.05, 0) is 41.7 Å². The van der Waals surface area contributed by atoms with E-state index in [1.165, 1.54) is 0 Å². The molecule has 1 atom stereocenters. The highest BCUT2D eigenvalue weighted by Gasteiger charge is 2.38. The van der Waals surface area contributed by atoms with Gasteiger partial charge in [0.15, 0.2) is 17.3 Å². The maximum Gasteiger partial charge on any atom is 0.357 e. The lowest BCUT2D eigenvalue weighted by molar-refractivity contribution is 0.168. The zero-order chi connectivity index (χ0) is 22.1. The Kier molecular flexibility index (Phi) is 9.22. The van der Waals surface area contributed by atoms with Crippen molar-refractivity contribution in [3.63, 3.8) is 0 Å². The molecule has 0 aromatic heterocycles. The number of nitrogens with one attached hydrogen (secondary N) is 1. The Morgan fingerprint density at radius 2 is 1.40 bits per heavy atom. The lowest BCUT2D eigenvalue weighted by atomic mass is 10.2. The van der Waals surface area contributed by atoms with Gasteiger partial charge in [0.25, 0.3) is 0 Å². The predicted molar refractivity (Wildman–Crippen MR) is 122 cm³/mol. The van der Waals surface area contributed by atoms with Crippen LogP contribution in [-0.4, -0.2) is 27.4 Å². The molecule has 0 heterocycles. The van der Waals surface area contributed by atoms with Gasteiger partial charge in [-0.25, -0.2) is 0 Å². The Balaban J connectivity index is 2.51. The summed E-state index contributed by atoms with van der Waals surface area (Å²) in [7, 11) is -0.428. The number of anilines is 1. The molecule has 0 radical (unpaired) electrons. The summed E-state index contributed by atoms with van der Waals surface area (Å²) in [5, 5.41) is 3.36. The quantitative estimate of drug-likeness (QED) is 0.392. The molecule has 7 heteroatoms. The second-order valence-electron chi connectivity index (χ2n) is 7.95. The molecule has 0 unspecified atom stereocenters. The minimum Gasteiger partial charge on any atom is -0.493 e. The average Bonchev–Trinajstić information content (AvgIpc) is 2.75. The number of rotatable bonds is 12. The Hall–Kier alpha value is -2.01. The largest absolute Gasteiger partial charge is 0.493 e. The van der Waals surface area contributed by atoms with Gasteiger partial charge in [-0.3, -0.25) is 4.57 Å². The standard InChI is InChI=1S/C23H34NO5P/c1-17(2)15-28-30(25,29-16-18(3)4)23(24-20-10-8-7-9-11-20)19-12-13-21(26-5)22(14-19)27-6/h7-14,17-18,23-24H,15-16H2,1-6H3/t23-/m1/s1. The van der Waals surface area contributed by atoms with E-state index >= 15 is 0 Å². The van der Waals surface area contributed by atoms with Gasteiger partial charge in [-0.1, -0.05) is 52.0 Å². The molecule has 6 nitrogen and oxygen atoms in total. The van der Waals surface area contributed by atoms with E-state index in [0.717, 1.165) is 11.3 Å². The van der Waals surface area contributed by atoms with Crippen LogP contribution in [0.2, 0.25) is 0 Å². The van der Waals surface area contributed by atoms with Crippen LogP contribution < -0.4 is 14.8 Å². The third-order valence-electron chi connectivity index (χ3n) is 4.29. The first-order valence-electron chi connectivity index (χ1n) is 10.2. The van der Waals surface area contributed by atoms with E-state index in [4.69, 9.17) is 18.5 Å². The van der Waals surface area contributed by atoms with Crippen LogP contribution in [0.5, 0.6) is 11.5 Å². The molecule has 0 fully saturated rings. The fourth-order valence-corrected chi connectivity index (χ4v) is 4.97. The van der Waals surface area contributed by atoms with E-state index in [2.05, 4.69) is 5.32 Å². The molecule has 2 aromatic carbocycles. The Labute approximate surface area is 180 Å². The lowest BCUT2D eigenvalue weighted by Gasteiger charge is -2.30. The summed E-state index contributed by atoms with van der Waals surface area (Å²) < 4.78 is 36.8. The van der Waals surface area contributed by atoms with Crippen molar-refractivity contribution in [1.82, 2.24) is 0 Å². The zero-order valence-electron chi connectivity index (χ0n) is 18.8. The first-order valence-corrected chi connectivity index (χ1v) is 11.8. The van der Waals surface area contributed by atoms with Crippen LogP contribution in [0.3, 0.4) is 0 Å². The van der Waals surface area contributed by atoms with E-state index in [0.29, 0.717) is 24.7 Å². The second-order valence-corrected chi connectivity index (χ2v) is 10.1. The van der Waals surface area contributed by atoms with Crippen LogP contribution in [0.15, 0.2) is 48.5 Å². The van der Waals surface area contributed by atoms with E-state index < -0.39 is 13.4 Å². The first kappa shape index (κ1) is 24.3. The summed E-state index contributed by atoms with van der Waals surface area (Å²) in [5.74, 6) is 0.861. The molecule has 2 aromatic rings. The average molecular weight is 436 g/mol. The van der Waals surface area contributed by atoms with Gasteiger partial charge in [-0.2, -0.15) is 0 Å². The topological polar surface area (TPSA) is 66.0 Å². The second kappa shape index (κ2) is 11.4. The van der Waals surface area contributed by atoms with E-state index in [9.17, 15) is 4.57 Å². The minimum absolute atomic E-state index is 0.212. The van der Waals surface area contributed by atoms with Crippen molar-refractivity contribution < 1.29 is 23.1 Å². The highest BCUT2D eigenvalue weighted by molar-refractivity contribution is 7.54.